The highest BCUT2D eigenvalue weighted by Gasteiger charge is 2.03. The van der Waals surface area contributed by atoms with Crippen molar-refractivity contribution in [1.82, 2.24) is 4.98 Å². The highest BCUT2D eigenvalue weighted by atomic mass is 16.1. The maximum Gasteiger partial charge on any atom is 0.137 e. The van der Waals surface area contributed by atoms with Crippen molar-refractivity contribution < 1.29 is 4.79 Å². The van der Waals surface area contributed by atoms with E-state index in [0.29, 0.717) is 18.6 Å². The highest BCUT2D eigenvalue weighted by molar-refractivity contribution is 5.80. The van der Waals surface area contributed by atoms with Crippen LogP contribution < -0.4 is 0 Å². The molecule has 0 aliphatic carbocycles. The van der Waals surface area contributed by atoms with Gasteiger partial charge in [-0.15, -0.1) is 0 Å². The zero-order chi connectivity index (χ0) is 12.6. The molecule has 0 aliphatic rings. The lowest BCUT2D eigenvalue weighted by atomic mass is 10.0. The van der Waals surface area contributed by atoms with Gasteiger partial charge in [0.05, 0.1) is 0 Å². The first-order chi connectivity index (χ1) is 8.84. The predicted octanol–water partition coefficient (Wildman–Crippen LogP) is 3.22. The maximum atomic E-state index is 11.8. The number of hydrogen-bond donors (Lipinski definition) is 0. The van der Waals surface area contributed by atoms with Gasteiger partial charge in [0.25, 0.3) is 0 Å². The summed E-state index contributed by atoms with van der Waals surface area (Å²) >= 11 is 0. The Bertz CT molecular complexity index is 479. The molecule has 0 saturated carbocycles. The summed E-state index contributed by atoms with van der Waals surface area (Å²) in [6, 6.07) is 14.1. The largest absolute Gasteiger partial charge is 0.299 e. The fraction of sp³-hybridized carbons (Fsp3) is 0.250. The number of benzene rings is 1. The second-order valence-electron chi connectivity index (χ2n) is 4.42. The molecular formula is C16H17NO. The quantitative estimate of drug-likeness (QED) is 0.774. The Labute approximate surface area is 108 Å². The fourth-order valence-corrected chi connectivity index (χ4v) is 1.95. The van der Waals surface area contributed by atoms with Crippen LogP contribution in [0.25, 0.3) is 0 Å². The number of Topliss-reactive ketones (excluding diaryl/α,β-unsaturated/α-hetero) is 1. The molecule has 1 aromatic carbocycles. The summed E-state index contributed by atoms with van der Waals surface area (Å²) in [4.78, 5) is 15.8. The van der Waals surface area contributed by atoms with Gasteiger partial charge in [-0.05, 0) is 30.0 Å². The van der Waals surface area contributed by atoms with Crippen LogP contribution in [0.3, 0.4) is 0 Å². The molecule has 2 aromatic rings. The normalized spacial score (nSPS) is 10.2. The van der Waals surface area contributed by atoms with Gasteiger partial charge in [-0.2, -0.15) is 0 Å². The number of carbonyl (C=O) groups is 1. The first kappa shape index (κ1) is 12.5. The summed E-state index contributed by atoms with van der Waals surface area (Å²) in [5.41, 5.74) is 2.30. The number of aromatic nitrogens is 1. The average molecular weight is 239 g/mol. The number of rotatable bonds is 6. The summed E-state index contributed by atoms with van der Waals surface area (Å²) in [5, 5.41) is 0. The lowest BCUT2D eigenvalue weighted by Gasteiger charge is -2.02. The van der Waals surface area contributed by atoms with Crippen LogP contribution in [0.2, 0.25) is 0 Å². The van der Waals surface area contributed by atoms with Gasteiger partial charge in [-0.3, -0.25) is 9.78 Å². The topological polar surface area (TPSA) is 30.0 Å². The van der Waals surface area contributed by atoms with E-state index < -0.39 is 0 Å². The van der Waals surface area contributed by atoms with Crippen molar-refractivity contribution in [2.45, 2.75) is 25.7 Å². The molecule has 0 bridgehead atoms. The molecule has 0 unspecified atom stereocenters. The van der Waals surface area contributed by atoms with Gasteiger partial charge in [0.2, 0.25) is 0 Å². The molecule has 0 aliphatic heterocycles. The van der Waals surface area contributed by atoms with E-state index in [4.69, 9.17) is 0 Å². The van der Waals surface area contributed by atoms with Gasteiger partial charge in [-0.25, -0.2) is 0 Å². The van der Waals surface area contributed by atoms with E-state index >= 15 is 0 Å². The molecular weight excluding hydrogens is 222 g/mol. The Balaban J connectivity index is 1.73. The Kier molecular flexibility index (Phi) is 4.65. The molecule has 0 spiro atoms. The van der Waals surface area contributed by atoms with E-state index in [1.165, 1.54) is 5.56 Å². The van der Waals surface area contributed by atoms with Crippen LogP contribution in [0, 0.1) is 0 Å². The van der Waals surface area contributed by atoms with Crippen LogP contribution in [0.5, 0.6) is 0 Å². The van der Waals surface area contributed by atoms with Crippen molar-refractivity contribution >= 4 is 5.78 Å². The van der Waals surface area contributed by atoms with Crippen LogP contribution in [0.4, 0.5) is 0 Å². The Morgan fingerprint density at radius 2 is 1.78 bits per heavy atom. The fourth-order valence-electron chi connectivity index (χ4n) is 1.95. The zero-order valence-electron chi connectivity index (χ0n) is 10.4. The summed E-state index contributed by atoms with van der Waals surface area (Å²) in [6.45, 7) is 0. The minimum absolute atomic E-state index is 0.291. The van der Waals surface area contributed by atoms with Crippen molar-refractivity contribution in [3.63, 3.8) is 0 Å². The van der Waals surface area contributed by atoms with Crippen molar-refractivity contribution in [3.05, 3.63) is 66.0 Å². The van der Waals surface area contributed by atoms with Crippen molar-refractivity contribution in [2.24, 2.45) is 0 Å². The van der Waals surface area contributed by atoms with Crippen molar-refractivity contribution in [3.8, 4) is 0 Å². The first-order valence-corrected chi connectivity index (χ1v) is 6.29. The van der Waals surface area contributed by atoms with Crippen LogP contribution in [-0.2, 0) is 17.6 Å². The number of ketones is 1. The number of pyridine rings is 1. The van der Waals surface area contributed by atoms with E-state index in [1.54, 1.807) is 12.4 Å². The predicted molar refractivity (Wildman–Crippen MR) is 72.3 cm³/mol. The van der Waals surface area contributed by atoms with Crippen molar-refractivity contribution in [1.29, 1.82) is 0 Å². The minimum atomic E-state index is 0.291. The Morgan fingerprint density at radius 1 is 1.00 bits per heavy atom. The van der Waals surface area contributed by atoms with Gasteiger partial charge in [0.1, 0.15) is 5.78 Å². The average Bonchev–Trinajstić information content (AvgIpc) is 2.41. The van der Waals surface area contributed by atoms with E-state index in [-0.39, 0.29) is 0 Å². The number of nitrogens with zero attached hydrogens (tertiary/aromatic N) is 1. The van der Waals surface area contributed by atoms with Crippen LogP contribution in [0.1, 0.15) is 24.0 Å². The second-order valence-corrected chi connectivity index (χ2v) is 4.42. The molecule has 0 atom stereocenters. The standard InChI is InChI=1S/C16H17NO/c18-16(12-15-9-5-11-17-13-15)10-4-8-14-6-2-1-3-7-14/h1-3,5-7,9,11,13H,4,8,10,12H2. The lowest BCUT2D eigenvalue weighted by molar-refractivity contribution is -0.118. The molecule has 92 valence electrons. The monoisotopic (exact) mass is 239 g/mol. The van der Waals surface area contributed by atoms with Gasteiger partial charge >= 0.3 is 0 Å². The maximum absolute atomic E-state index is 11.8. The molecule has 1 aromatic heterocycles. The first-order valence-electron chi connectivity index (χ1n) is 6.29. The molecule has 0 radical (unpaired) electrons. The third-order valence-electron chi connectivity index (χ3n) is 2.89. The van der Waals surface area contributed by atoms with E-state index in [1.807, 2.05) is 30.3 Å². The van der Waals surface area contributed by atoms with Crippen LogP contribution in [-0.4, -0.2) is 10.8 Å². The molecule has 0 saturated heterocycles. The SMILES string of the molecule is O=C(CCCc1ccccc1)Cc1cccnc1. The highest BCUT2D eigenvalue weighted by Crippen LogP contribution is 2.07. The smallest absolute Gasteiger partial charge is 0.137 e. The van der Waals surface area contributed by atoms with Crippen LogP contribution in [0.15, 0.2) is 54.9 Å². The number of carbonyl (C=O) groups excluding carboxylic acids is 1. The molecule has 2 rings (SSSR count). The van der Waals surface area contributed by atoms with Gasteiger partial charge < -0.3 is 0 Å². The van der Waals surface area contributed by atoms with E-state index in [9.17, 15) is 4.79 Å². The molecule has 2 nitrogen and oxygen atoms in total. The molecule has 0 fully saturated rings. The molecule has 1 heterocycles. The van der Waals surface area contributed by atoms with Crippen LogP contribution >= 0.6 is 0 Å². The third-order valence-corrected chi connectivity index (χ3v) is 2.89. The third kappa shape index (κ3) is 4.13. The minimum Gasteiger partial charge on any atom is -0.299 e. The lowest BCUT2D eigenvalue weighted by Crippen LogP contribution is -2.03. The summed E-state index contributed by atoms with van der Waals surface area (Å²) in [7, 11) is 0. The van der Waals surface area contributed by atoms with Crippen molar-refractivity contribution in [2.75, 3.05) is 0 Å². The summed E-state index contributed by atoms with van der Waals surface area (Å²) in [6.07, 6.45) is 6.52. The van der Waals surface area contributed by atoms with Gasteiger partial charge in [0, 0.05) is 25.2 Å². The Morgan fingerprint density at radius 3 is 2.50 bits per heavy atom. The van der Waals surface area contributed by atoms with Gasteiger partial charge in [-0.1, -0.05) is 36.4 Å². The van der Waals surface area contributed by atoms with E-state index in [0.717, 1.165) is 18.4 Å². The summed E-state index contributed by atoms with van der Waals surface area (Å²) < 4.78 is 0. The number of hydrogen-bond acceptors (Lipinski definition) is 2. The number of aryl methyl sites for hydroxylation is 1. The molecule has 0 N–H and O–H groups in total. The van der Waals surface area contributed by atoms with Gasteiger partial charge in [0.15, 0.2) is 0 Å². The zero-order valence-corrected chi connectivity index (χ0v) is 10.4. The molecule has 0 amide bonds. The molecule has 2 heteroatoms. The second kappa shape index (κ2) is 6.70. The molecule has 18 heavy (non-hydrogen) atoms. The Hall–Kier alpha value is -1.96. The van der Waals surface area contributed by atoms with E-state index in [2.05, 4.69) is 17.1 Å². The summed E-state index contributed by atoms with van der Waals surface area (Å²) in [5.74, 6) is 0.291.